The van der Waals surface area contributed by atoms with Gasteiger partial charge in [-0.3, -0.25) is 4.90 Å². The Morgan fingerprint density at radius 1 is 0.931 bits per heavy atom. The number of ether oxygens (including phenoxy) is 1. The van der Waals surface area contributed by atoms with Crippen LogP contribution < -0.4 is 10.2 Å². The molecule has 1 N–H and O–H groups in total. The highest BCUT2D eigenvalue weighted by Crippen LogP contribution is 2.25. The van der Waals surface area contributed by atoms with Crippen LogP contribution in [0.3, 0.4) is 0 Å². The number of rotatable bonds is 8. The number of para-hydroxylation sites is 1. The van der Waals surface area contributed by atoms with Gasteiger partial charge in [0, 0.05) is 38.1 Å². The highest BCUT2D eigenvalue weighted by Gasteiger charge is 2.14. The standard InChI is InChI=1S/C23H27N5O/c1-3-7-20(8-4-1)19-28(21-9-5-2-6-10-21)23-25-12-11-22(26-23)24-13-14-27-15-17-29-18-16-27/h1-12H,13-19H2,(H,24,25,26). The van der Waals surface area contributed by atoms with Gasteiger partial charge in [0.1, 0.15) is 5.82 Å². The lowest BCUT2D eigenvalue weighted by atomic mass is 10.2. The van der Waals surface area contributed by atoms with Crippen LogP contribution in [0.25, 0.3) is 0 Å². The summed E-state index contributed by atoms with van der Waals surface area (Å²) in [6, 6.07) is 22.6. The number of aromatic nitrogens is 2. The molecule has 0 atom stereocenters. The van der Waals surface area contributed by atoms with Gasteiger partial charge in [0.05, 0.1) is 19.8 Å². The first-order chi connectivity index (χ1) is 14.4. The van der Waals surface area contributed by atoms with Crippen molar-refractivity contribution >= 4 is 17.5 Å². The SMILES string of the molecule is c1ccc(CN(c2ccccc2)c2nccc(NCCN3CCOCC3)n2)cc1. The predicted molar refractivity (Wildman–Crippen MR) is 117 cm³/mol. The van der Waals surface area contributed by atoms with Crippen LogP contribution in [0, 0.1) is 0 Å². The number of benzene rings is 2. The molecule has 4 rings (SSSR count). The smallest absolute Gasteiger partial charge is 0.232 e. The van der Waals surface area contributed by atoms with Gasteiger partial charge in [0.15, 0.2) is 0 Å². The predicted octanol–water partition coefficient (Wildman–Crippen LogP) is 3.56. The molecule has 0 aliphatic carbocycles. The Kier molecular flexibility index (Phi) is 6.68. The molecular weight excluding hydrogens is 362 g/mol. The Labute approximate surface area is 172 Å². The topological polar surface area (TPSA) is 53.5 Å². The summed E-state index contributed by atoms with van der Waals surface area (Å²) < 4.78 is 5.41. The van der Waals surface area contributed by atoms with Crippen LogP contribution in [-0.4, -0.2) is 54.3 Å². The van der Waals surface area contributed by atoms with Gasteiger partial charge in [0.2, 0.25) is 5.95 Å². The molecule has 0 amide bonds. The zero-order valence-electron chi connectivity index (χ0n) is 16.6. The second-order valence-electron chi connectivity index (χ2n) is 7.03. The summed E-state index contributed by atoms with van der Waals surface area (Å²) >= 11 is 0. The van der Waals surface area contributed by atoms with E-state index >= 15 is 0 Å². The van der Waals surface area contributed by atoms with Gasteiger partial charge in [0.25, 0.3) is 0 Å². The van der Waals surface area contributed by atoms with E-state index in [2.05, 4.69) is 56.5 Å². The molecule has 0 spiro atoms. The van der Waals surface area contributed by atoms with Gasteiger partial charge in [-0.15, -0.1) is 0 Å². The number of hydrogen-bond donors (Lipinski definition) is 1. The van der Waals surface area contributed by atoms with Crippen LogP contribution in [0.5, 0.6) is 0 Å². The molecule has 0 unspecified atom stereocenters. The molecule has 2 aromatic carbocycles. The molecule has 150 valence electrons. The highest BCUT2D eigenvalue weighted by molar-refractivity contribution is 5.58. The van der Waals surface area contributed by atoms with Crippen molar-refractivity contribution < 1.29 is 4.74 Å². The monoisotopic (exact) mass is 389 g/mol. The van der Waals surface area contributed by atoms with Crippen molar-refractivity contribution in [2.45, 2.75) is 6.54 Å². The first-order valence-corrected chi connectivity index (χ1v) is 10.1. The maximum Gasteiger partial charge on any atom is 0.232 e. The maximum atomic E-state index is 5.41. The Hall–Kier alpha value is -2.96. The average Bonchev–Trinajstić information content (AvgIpc) is 2.80. The van der Waals surface area contributed by atoms with E-state index in [0.717, 1.165) is 50.9 Å². The summed E-state index contributed by atoms with van der Waals surface area (Å²) in [6.07, 6.45) is 1.82. The fraction of sp³-hybridized carbons (Fsp3) is 0.304. The van der Waals surface area contributed by atoms with Crippen LogP contribution in [0.1, 0.15) is 5.56 Å². The average molecular weight is 390 g/mol. The Bertz CT molecular complexity index is 869. The van der Waals surface area contributed by atoms with E-state index in [0.29, 0.717) is 12.5 Å². The summed E-state index contributed by atoms with van der Waals surface area (Å²) in [5, 5.41) is 3.44. The second-order valence-corrected chi connectivity index (χ2v) is 7.03. The fourth-order valence-electron chi connectivity index (χ4n) is 3.40. The molecule has 1 aromatic heterocycles. The van der Waals surface area contributed by atoms with Crippen LogP contribution in [-0.2, 0) is 11.3 Å². The van der Waals surface area contributed by atoms with Crippen LogP contribution >= 0.6 is 0 Å². The molecule has 1 fully saturated rings. The van der Waals surface area contributed by atoms with Gasteiger partial charge in [-0.1, -0.05) is 48.5 Å². The maximum absolute atomic E-state index is 5.41. The second kappa shape index (κ2) is 10.0. The van der Waals surface area contributed by atoms with Crippen LogP contribution in [0.2, 0.25) is 0 Å². The number of hydrogen-bond acceptors (Lipinski definition) is 6. The Morgan fingerprint density at radius 2 is 1.66 bits per heavy atom. The van der Waals surface area contributed by atoms with Crippen molar-refractivity contribution in [3.05, 3.63) is 78.5 Å². The van der Waals surface area contributed by atoms with Crippen molar-refractivity contribution in [3.8, 4) is 0 Å². The van der Waals surface area contributed by atoms with E-state index in [1.165, 1.54) is 5.56 Å². The van der Waals surface area contributed by atoms with Crippen molar-refractivity contribution in [1.29, 1.82) is 0 Å². The van der Waals surface area contributed by atoms with E-state index < -0.39 is 0 Å². The highest BCUT2D eigenvalue weighted by atomic mass is 16.5. The van der Waals surface area contributed by atoms with E-state index in [4.69, 9.17) is 9.72 Å². The molecule has 6 nitrogen and oxygen atoms in total. The zero-order valence-corrected chi connectivity index (χ0v) is 16.6. The Balaban J connectivity index is 1.47. The van der Waals surface area contributed by atoms with Gasteiger partial charge in [-0.2, -0.15) is 4.98 Å². The molecular formula is C23H27N5O. The number of anilines is 3. The number of morpholine rings is 1. The summed E-state index contributed by atoms with van der Waals surface area (Å²) in [5.41, 5.74) is 2.28. The molecule has 1 saturated heterocycles. The van der Waals surface area contributed by atoms with E-state index in [9.17, 15) is 0 Å². The summed E-state index contributed by atoms with van der Waals surface area (Å²) in [6.45, 7) is 6.18. The lowest BCUT2D eigenvalue weighted by molar-refractivity contribution is 0.0398. The largest absolute Gasteiger partial charge is 0.379 e. The summed E-state index contributed by atoms with van der Waals surface area (Å²) in [5.74, 6) is 1.54. The normalized spacial score (nSPS) is 14.5. The summed E-state index contributed by atoms with van der Waals surface area (Å²) in [7, 11) is 0. The van der Waals surface area contributed by atoms with Crippen LogP contribution in [0.15, 0.2) is 72.9 Å². The molecule has 1 aliphatic rings. The first kappa shape index (κ1) is 19.4. The van der Waals surface area contributed by atoms with Crippen molar-refractivity contribution in [2.75, 3.05) is 49.6 Å². The van der Waals surface area contributed by atoms with Crippen molar-refractivity contribution in [3.63, 3.8) is 0 Å². The lowest BCUT2D eigenvalue weighted by Gasteiger charge is -2.26. The van der Waals surface area contributed by atoms with Crippen LogP contribution in [0.4, 0.5) is 17.5 Å². The molecule has 0 bridgehead atoms. The third-order valence-electron chi connectivity index (χ3n) is 4.97. The molecule has 0 saturated carbocycles. The minimum Gasteiger partial charge on any atom is -0.379 e. The molecule has 6 heteroatoms. The van der Waals surface area contributed by atoms with Gasteiger partial charge >= 0.3 is 0 Å². The molecule has 0 radical (unpaired) electrons. The molecule has 1 aliphatic heterocycles. The zero-order chi connectivity index (χ0) is 19.7. The number of nitrogens with one attached hydrogen (secondary N) is 1. The third-order valence-corrected chi connectivity index (χ3v) is 4.97. The van der Waals surface area contributed by atoms with Gasteiger partial charge < -0.3 is 15.0 Å². The van der Waals surface area contributed by atoms with Gasteiger partial charge in [-0.05, 0) is 23.8 Å². The Morgan fingerprint density at radius 3 is 2.41 bits per heavy atom. The fourth-order valence-corrected chi connectivity index (χ4v) is 3.40. The number of nitrogens with zero attached hydrogens (tertiary/aromatic N) is 4. The third kappa shape index (κ3) is 5.53. The molecule has 2 heterocycles. The first-order valence-electron chi connectivity index (χ1n) is 10.1. The minimum atomic E-state index is 0.691. The van der Waals surface area contributed by atoms with Crippen molar-refractivity contribution in [1.82, 2.24) is 14.9 Å². The van der Waals surface area contributed by atoms with E-state index in [1.807, 2.05) is 36.5 Å². The van der Waals surface area contributed by atoms with Gasteiger partial charge in [-0.25, -0.2) is 4.98 Å². The molecule has 3 aromatic rings. The minimum absolute atomic E-state index is 0.691. The quantitative estimate of drug-likeness (QED) is 0.636. The summed E-state index contributed by atoms with van der Waals surface area (Å²) in [4.78, 5) is 13.9. The lowest BCUT2D eigenvalue weighted by Crippen LogP contribution is -2.39. The van der Waals surface area contributed by atoms with Crippen molar-refractivity contribution in [2.24, 2.45) is 0 Å². The van der Waals surface area contributed by atoms with E-state index in [1.54, 1.807) is 0 Å². The van der Waals surface area contributed by atoms with E-state index in [-0.39, 0.29) is 0 Å². The molecule has 29 heavy (non-hydrogen) atoms.